The zero-order valence-corrected chi connectivity index (χ0v) is 29.8. The molecule has 14 heteroatoms. The maximum atomic E-state index is 13.8. The van der Waals surface area contributed by atoms with Crippen molar-refractivity contribution in [3.05, 3.63) is 63.4 Å². The van der Waals surface area contributed by atoms with E-state index >= 15 is 0 Å². The van der Waals surface area contributed by atoms with E-state index < -0.39 is 36.0 Å². The van der Waals surface area contributed by atoms with Crippen molar-refractivity contribution in [2.75, 3.05) is 20.1 Å². The van der Waals surface area contributed by atoms with E-state index in [1.54, 1.807) is 24.6 Å². The van der Waals surface area contributed by atoms with Gasteiger partial charge in [0.25, 0.3) is 5.56 Å². The first-order valence-corrected chi connectivity index (χ1v) is 18.0. The molecule has 1 fully saturated rings. The number of fused-ring (bicyclic) bond motifs is 5. The van der Waals surface area contributed by atoms with Crippen molar-refractivity contribution in [1.82, 2.24) is 30.8 Å². The molecule has 1 aliphatic carbocycles. The van der Waals surface area contributed by atoms with Gasteiger partial charge in [0.05, 0.1) is 35.1 Å². The number of esters is 2. The number of hydrogen-bond donors (Lipinski definition) is 4. The first-order valence-electron chi connectivity index (χ1n) is 18.0. The number of carbonyl (C=O) groups excluding carboxylic acids is 5. The van der Waals surface area contributed by atoms with Crippen LogP contribution in [0.3, 0.4) is 0 Å². The Balaban J connectivity index is 1.05. The number of cyclic esters (lactones) is 1. The number of para-hydroxylation sites is 1. The van der Waals surface area contributed by atoms with Crippen molar-refractivity contribution < 1.29 is 33.4 Å². The van der Waals surface area contributed by atoms with Crippen molar-refractivity contribution in [3.63, 3.8) is 0 Å². The van der Waals surface area contributed by atoms with Gasteiger partial charge in [0.1, 0.15) is 18.9 Å². The van der Waals surface area contributed by atoms with Gasteiger partial charge >= 0.3 is 11.9 Å². The number of likely N-dealkylation sites (N-methyl/N-ethyl adjacent to an activating group) is 1. The Kier molecular flexibility index (Phi) is 11.1. The number of ether oxygens (including phenoxy) is 2. The first kappa shape index (κ1) is 36.8. The van der Waals surface area contributed by atoms with Crippen molar-refractivity contribution in [2.24, 2.45) is 0 Å². The van der Waals surface area contributed by atoms with Crippen molar-refractivity contribution >= 4 is 40.4 Å². The Bertz CT molecular complexity index is 1960. The second kappa shape index (κ2) is 15.7. The van der Waals surface area contributed by atoms with E-state index in [0.717, 1.165) is 35.7 Å². The molecule has 14 nitrogen and oxygen atoms in total. The number of ketones is 1. The predicted molar refractivity (Wildman–Crippen MR) is 191 cm³/mol. The number of nitrogens with one attached hydrogen (secondary N) is 4. The van der Waals surface area contributed by atoms with Crippen LogP contribution in [-0.2, 0) is 52.2 Å². The van der Waals surface area contributed by atoms with Gasteiger partial charge in [-0.3, -0.25) is 24.0 Å². The molecule has 0 radical (unpaired) electrons. The van der Waals surface area contributed by atoms with Crippen LogP contribution in [0.1, 0.15) is 81.9 Å². The van der Waals surface area contributed by atoms with E-state index in [4.69, 9.17) is 14.5 Å². The molecule has 4 heterocycles. The molecule has 52 heavy (non-hydrogen) atoms. The standard InChI is InChI=1S/C38H46N6O8/c1-4-38(28-17-31-35-24(16-23-8-5-6-11-30(23)43-35)20-44(31)36(49)27(28)21-51-37(38)50)52-34(48)19-41-32(46)14-12-26(39-3)18-40-29(22(2)45)13-15-33(47)42-25-9-7-10-25/h5-6,8,11,16-17,25-26,29,39-40H,4,7,9-10,12-15,18-21H2,1-3H3,(H,41,46)(H,42,47)/t26?,29?,38-/m0/s1. The second-order valence-electron chi connectivity index (χ2n) is 13.8. The van der Waals surface area contributed by atoms with Crippen LogP contribution in [0.15, 0.2) is 41.2 Å². The minimum absolute atomic E-state index is 0.00269. The quantitative estimate of drug-likeness (QED) is 0.125. The van der Waals surface area contributed by atoms with Gasteiger partial charge in [0.15, 0.2) is 0 Å². The third-order valence-electron chi connectivity index (χ3n) is 10.5. The lowest BCUT2D eigenvalue weighted by Gasteiger charge is -2.35. The molecule has 276 valence electrons. The maximum absolute atomic E-state index is 13.8. The summed E-state index contributed by atoms with van der Waals surface area (Å²) in [6.07, 6.45) is 4.22. The number of amides is 2. The molecule has 2 amide bonds. The smallest absolute Gasteiger partial charge is 0.355 e. The maximum Gasteiger partial charge on any atom is 0.355 e. The number of benzene rings is 1. The fourth-order valence-corrected chi connectivity index (χ4v) is 7.09. The highest BCUT2D eigenvalue weighted by molar-refractivity contribution is 5.89. The summed E-state index contributed by atoms with van der Waals surface area (Å²) >= 11 is 0. The van der Waals surface area contributed by atoms with Gasteiger partial charge in [-0.1, -0.05) is 25.1 Å². The number of nitrogens with zero attached hydrogens (tertiary/aromatic N) is 2. The minimum Gasteiger partial charge on any atom is -0.457 e. The molecule has 2 aliphatic heterocycles. The number of Topliss-reactive ketones (excluding diaryl/α,β-unsaturated/α-hetero) is 1. The molecule has 2 unspecified atom stereocenters. The molecule has 0 bridgehead atoms. The zero-order chi connectivity index (χ0) is 37.0. The fraction of sp³-hybridized carbons (Fsp3) is 0.500. The fourth-order valence-electron chi connectivity index (χ4n) is 7.09. The lowest BCUT2D eigenvalue weighted by molar-refractivity contribution is -0.189. The first-order chi connectivity index (χ1) is 25.0. The molecular weight excluding hydrogens is 668 g/mol. The van der Waals surface area contributed by atoms with E-state index in [1.165, 1.54) is 6.92 Å². The van der Waals surface area contributed by atoms with Crippen LogP contribution in [0.5, 0.6) is 0 Å². The molecular formula is C38H46N6O8. The van der Waals surface area contributed by atoms with E-state index in [9.17, 15) is 28.8 Å². The number of aromatic nitrogens is 2. The molecule has 0 saturated heterocycles. The van der Waals surface area contributed by atoms with Gasteiger partial charge in [-0.25, -0.2) is 9.78 Å². The summed E-state index contributed by atoms with van der Waals surface area (Å²) in [6, 6.07) is 10.9. The van der Waals surface area contributed by atoms with Gasteiger partial charge < -0.3 is 35.3 Å². The Morgan fingerprint density at radius 3 is 2.56 bits per heavy atom. The molecule has 3 atom stereocenters. The molecule has 3 aliphatic rings. The number of carbonyl (C=O) groups is 5. The Morgan fingerprint density at radius 1 is 1.08 bits per heavy atom. The molecule has 0 spiro atoms. The summed E-state index contributed by atoms with van der Waals surface area (Å²) < 4.78 is 12.8. The largest absolute Gasteiger partial charge is 0.457 e. The third-order valence-corrected chi connectivity index (χ3v) is 10.5. The van der Waals surface area contributed by atoms with Gasteiger partial charge in [-0.05, 0) is 70.7 Å². The van der Waals surface area contributed by atoms with Crippen LogP contribution in [0, 0.1) is 0 Å². The second-order valence-corrected chi connectivity index (χ2v) is 13.8. The van der Waals surface area contributed by atoms with Crippen molar-refractivity contribution in [1.29, 1.82) is 0 Å². The highest BCUT2D eigenvalue weighted by Gasteiger charge is 2.50. The van der Waals surface area contributed by atoms with Crippen LogP contribution in [0.2, 0.25) is 0 Å². The number of hydrogen-bond acceptors (Lipinski definition) is 11. The average molecular weight is 715 g/mol. The Morgan fingerprint density at radius 2 is 1.85 bits per heavy atom. The van der Waals surface area contributed by atoms with E-state index in [-0.39, 0.29) is 66.3 Å². The third kappa shape index (κ3) is 7.63. The van der Waals surface area contributed by atoms with E-state index in [2.05, 4.69) is 21.3 Å². The number of pyridine rings is 2. The van der Waals surface area contributed by atoms with Crippen LogP contribution in [0.4, 0.5) is 0 Å². The van der Waals surface area contributed by atoms with Crippen LogP contribution in [0.25, 0.3) is 22.3 Å². The molecule has 1 aromatic carbocycles. The Labute approximate surface area is 301 Å². The highest BCUT2D eigenvalue weighted by Crippen LogP contribution is 2.41. The van der Waals surface area contributed by atoms with Gasteiger partial charge in [-0.15, -0.1) is 0 Å². The normalized spacial score (nSPS) is 18.6. The monoisotopic (exact) mass is 714 g/mol. The summed E-state index contributed by atoms with van der Waals surface area (Å²) in [5.74, 6) is -2.18. The molecule has 1 saturated carbocycles. The molecule has 6 rings (SSSR count). The van der Waals surface area contributed by atoms with Crippen LogP contribution in [-0.4, -0.2) is 77.4 Å². The van der Waals surface area contributed by atoms with E-state index in [0.29, 0.717) is 37.3 Å². The van der Waals surface area contributed by atoms with E-state index in [1.807, 2.05) is 30.3 Å². The van der Waals surface area contributed by atoms with Gasteiger partial charge in [0, 0.05) is 48.0 Å². The highest BCUT2D eigenvalue weighted by atomic mass is 16.6. The summed E-state index contributed by atoms with van der Waals surface area (Å²) in [4.78, 5) is 82.4. The SMILES string of the molecule is CC[C@@]1(OC(=O)CNC(=O)CCC(CNC(CCC(=O)NC2CCC2)C(C)=O)NC)C(=O)OCc2c1cc1n(c2=O)Cc2cc3ccccc3nc2-1. The summed E-state index contributed by atoms with van der Waals surface area (Å²) in [5, 5.41) is 12.8. The van der Waals surface area contributed by atoms with Crippen molar-refractivity contribution in [3.8, 4) is 11.4 Å². The summed E-state index contributed by atoms with van der Waals surface area (Å²) in [7, 11) is 1.75. The topological polar surface area (TPSA) is 187 Å². The zero-order valence-electron chi connectivity index (χ0n) is 29.8. The van der Waals surface area contributed by atoms with Gasteiger partial charge in [0.2, 0.25) is 17.4 Å². The summed E-state index contributed by atoms with van der Waals surface area (Å²) in [5.41, 5.74) is 1.05. The average Bonchev–Trinajstić information content (AvgIpc) is 3.47. The molecule has 3 aromatic rings. The predicted octanol–water partition coefficient (Wildman–Crippen LogP) is 2.11. The summed E-state index contributed by atoms with van der Waals surface area (Å²) in [6.45, 7) is 3.11. The van der Waals surface area contributed by atoms with Crippen LogP contribution < -0.4 is 26.8 Å². The molecule has 2 aromatic heterocycles. The lowest BCUT2D eigenvalue weighted by atomic mass is 9.85. The van der Waals surface area contributed by atoms with Crippen molar-refractivity contribution in [2.45, 2.75) is 102 Å². The minimum atomic E-state index is -1.88. The lowest BCUT2D eigenvalue weighted by Crippen LogP contribution is -2.48. The van der Waals surface area contributed by atoms with Gasteiger partial charge in [-0.2, -0.15) is 0 Å². The Hall–Kier alpha value is -4.95. The van der Waals surface area contributed by atoms with Crippen LogP contribution >= 0.6 is 0 Å². The molecule has 4 N–H and O–H groups in total. The number of rotatable bonds is 16.